The maximum absolute atomic E-state index is 12.5. The van der Waals surface area contributed by atoms with Crippen molar-refractivity contribution in [3.8, 4) is 0 Å². The molecule has 0 fully saturated rings. The number of carbonyl (C=O) groups is 1. The summed E-state index contributed by atoms with van der Waals surface area (Å²) in [5.41, 5.74) is 0.619. The van der Waals surface area contributed by atoms with E-state index in [4.69, 9.17) is 0 Å². The zero-order chi connectivity index (χ0) is 13.8. The predicted octanol–water partition coefficient (Wildman–Crippen LogP) is 1.94. The van der Waals surface area contributed by atoms with E-state index in [2.05, 4.69) is 4.98 Å². The van der Waals surface area contributed by atoms with E-state index in [9.17, 15) is 26.7 Å². The fourth-order valence-electron chi connectivity index (χ4n) is 1.11. The largest absolute Gasteiger partial charge is 0.463 e. The van der Waals surface area contributed by atoms with Gasteiger partial charge in [0.2, 0.25) is 0 Å². The monoisotopic (exact) mass is 268 g/mol. The molecule has 8 heteroatoms. The molecule has 0 aliphatic carbocycles. The topological polar surface area (TPSA) is 42.0 Å². The van der Waals surface area contributed by atoms with Crippen LogP contribution < -0.4 is 5.32 Å². The summed E-state index contributed by atoms with van der Waals surface area (Å²) in [4.78, 5) is 14.4. The molecule has 1 heterocycles. The number of nitrogens with zero attached hydrogens (tertiary/aromatic N) is 1. The number of carbonyl (C=O) groups excluding carboxylic acids is 1. The van der Waals surface area contributed by atoms with Crippen molar-refractivity contribution in [2.24, 2.45) is 0 Å². The van der Waals surface area contributed by atoms with Gasteiger partial charge in [0, 0.05) is 18.9 Å². The first kappa shape index (κ1) is 14.3. The van der Waals surface area contributed by atoms with Gasteiger partial charge in [-0.3, -0.25) is 9.78 Å². The number of nitrogens with one attached hydrogen (secondary N) is 1. The van der Waals surface area contributed by atoms with Crippen molar-refractivity contribution in [2.45, 2.75) is 18.5 Å². The molecule has 1 rings (SSSR count). The lowest BCUT2D eigenvalue weighted by molar-refractivity contribution is -0.269. The summed E-state index contributed by atoms with van der Waals surface area (Å²) in [5.74, 6) is -7.72. The molecule has 3 nitrogen and oxygen atoms in total. The SMILES string of the molecule is O=C(NCCc1cccnc1)C(F)(F)C(F)(F)F. The van der Waals surface area contributed by atoms with E-state index in [1.807, 2.05) is 0 Å². The molecule has 0 radical (unpaired) electrons. The van der Waals surface area contributed by atoms with Gasteiger partial charge in [-0.2, -0.15) is 22.0 Å². The number of alkyl halides is 5. The first-order valence-corrected chi connectivity index (χ1v) is 4.87. The molecule has 1 amide bonds. The Morgan fingerprint density at radius 2 is 1.94 bits per heavy atom. The van der Waals surface area contributed by atoms with Crippen molar-refractivity contribution in [1.29, 1.82) is 0 Å². The van der Waals surface area contributed by atoms with Gasteiger partial charge in [0.05, 0.1) is 0 Å². The highest BCUT2D eigenvalue weighted by molar-refractivity contribution is 5.84. The summed E-state index contributed by atoms with van der Waals surface area (Å²) in [6, 6.07) is 3.20. The summed E-state index contributed by atoms with van der Waals surface area (Å²) in [5, 5.41) is 1.54. The Morgan fingerprint density at radius 3 is 2.44 bits per heavy atom. The Balaban J connectivity index is 2.48. The molecule has 0 bridgehead atoms. The molecule has 1 N–H and O–H groups in total. The normalized spacial score (nSPS) is 12.3. The lowest BCUT2D eigenvalue weighted by Gasteiger charge is -2.18. The average Bonchev–Trinajstić information content (AvgIpc) is 2.28. The molecule has 0 aliphatic heterocycles. The van der Waals surface area contributed by atoms with E-state index in [0.29, 0.717) is 5.56 Å². The third kappa shape index (κ3) is 3.38. The van der Waals surface area contributed by atoms with Crippen molar-refractivity contribution in [1.82, 2.24) is 10.3 Å². The van der Waals surface area contributed by atoms with Crippen LogP contribution in [0.4, 0.5) is 22.0 Å². The third-order valence-corrected chi connectivity index (χ3v) is 2.06. The van der Waals surface area contributed by atoms with Gasteiger partial charge in [0.15, 0.2) is 0 Å². The molecule has 100 valence electrons. The van der Waals surface area contributed by atoms with Crippen LogP contribution in [0.3, 0.4) is 0 Å². The molecular weight excluding hydrogens is 259 g/mol. The fraction of sp³-hybridized carbons (Fsp3) is 0.400. The van der Waals surface area contributed by atoms with E-state index in [1.54, 1.807) is 17.4 Å². The second-order valence-corrected chi connectivity index (χ2v) is 3.44. The molecule has 1 aromatic heterocycles. The minimum Gasteiger partial charge on any atom is -0.350 e. The van der Waals surface area contributed by atoms with Gasteiger partial charge >= 0.3 is 12.1 Å². The van der Waals surface area contributed by atoms with Crippen LogP contribution in [0.1, 0.15) is 5.56 Å². The highest BCUT2D eigenvalue weighted by atomic mass is 19.4. The number of halogens is 5. The minimum absolute atomic E-state index is 0.119. The number of hydrogen-bond acceptors (Lipinski definition) is 2. The lowest BCUT2D eigenvalue weighted by Crippen LogP contribution is -2.50. The predicted molar refractivity (Wildman–Crippen MR) is 52.0 cm³/mol. The number of aromatic nitrogens is 1. The first-order chi connectivity index (χ1) is 8.25. The van der Waals surface area contributed by atoms with E-state index in [0.717, 1.165) is 0 Å². The Hall–Kier alpha value is -1.73. The highest BCUT2D eigenvalue weighted by Crippen LogP contribution is 2.35. The van der Waals surface area contributed by atoms with Crippen LogP contribution in [0.15, 0.2) is 24.5 Å². The second kappa shape index (κ2) is 5.28. The van der Waals surface area contributed by atoms with E-state index < -0.39 is 18.0 Å². The molecule has 0 unspecified atom stereocenters. The van der Waals surface area contributed by atoms with E-state index in [-0.39, 0.29) is 13.0 Å². The van der Waals surface area contributed by atoms with E-state index >= 15 is 0 Å². The van der Waals surface area contributed by atoms with Crippen molar-refractivity contribution in [3.05, 3.63) is 30.1 Å². The Labute approximate surface area is 99.0 Å². The highest BCUT2D eigenvalue weighted by Gasteiger charge is 2.63. The lowest BCUT2D eigenvalue weighted by atomic mass is 10.2. The van der Waals surface area contributed by atoms with Crippen molar-refractivity contribution in [3.63, 3.8) is 0 Å². The minimum atomic E-state index is -5.88. The summed E-state index contributed by atoms with van der Waals surface area (Å²) < 4.78 is 60.4. The Kier molecular flexibility index (Phi) is 4.20. The molecule has 0 saturated carbocycles. The summed E-state index contributed by atoms with van der Waals surface area (Å²) >= 11 is 0. The van der Waals surface area contributed by atoms with Crippen molar-refractivity contribution >= 4 is 5.91 Å². The number of rotatable bonds is 4. The van der Waals surface area contributed by atoms with Crippen LogP contribution in [0.2, 0.25) is 0 Å². The number of pyridine rings is 1. The van der Waals surface area contributed by atoms with Gasteiger partial charge in [0.1, 0.15) is 0 Å². The quantitative estimate of drug-likeness (QED) is 0.848. The van der Waals surface area contributed by atoms with Crippen molar-refractivity contribution in [2.75, 3.05) is 6.54 Å². The van der Waals surface area contributed by atoms with Crippen LogP contribution >= 0.6 is 0 Å². The summed E-state index contributed by atoms with van der Waals surface area (Å²) in [6.07, 6.45) is -2.85. The maximum atomic E-state index is 12.5. The third-order valence-electron chi connectivity index (χ3n) is 2.06. The average molecular weight is 268 g/mol. The van der Waals surface area contributed by atoms with Gasteiger partial charge < -0.3 is 5.32 Å². The zero-order valence-corrected chi connectivity index (χ0v) is 8.97. The van der Waals surface area contributed by atoms with Gasteiger partial charge in [-0.05, 0) is 18.1 Å². The van der Waals surface area contributed by atoms with Crippen LogP contribution in [0.25, 0.3) is 0 Å². The van der Waals surface area contributed by atoms with Crippen LogP contribution in [-0.2, 0) is 11.2 Å². The Morgan fingerprint density at radius 1 is 1.28 bits per heavy atom. The van der Waals surface area contributed by atoms with Gasteiger partial charge in [0.25, 0.3) is 5.91 Å². The number of amides is 1. The fourth-order valence-corrected chi connectivity index (χ4v) is 1.11. The first-order valence-electron chi connectivity index (χ1n) is 4.87. The molecule has 0 aromatic carbocycles. The molecule has 0 atom stereocenters. The maximum Gasteiger partial charge on any atom is 0.463 e. The van der Waals surface area contributed by atoms with Gasteiger partial charge in [-0.15, -0.1) is 0 Å². The van der Waals surface area contributed by atoms with Crippen LogP contribution in [-0.4, -0.2) is 29.5 Å². The van der Waals surface area contributed by atoms with Gasteiger partial charge in [-0.25, -0.2) is 0 Å². The van der Waals surface area contributed by atoms with Crippen molar-refractivity contribution < 1.29 is 26.7 Å². The molecule has 0 aliphatic rings. The van der Waals surface area contributed by atoms with Crippen LogP contribution in [0.5, 0.6) is 0 Å². The number of hydrogen-bond donors (Lipinski definition) is 1. The van der Waals surface area contributed by atoms with E-state index in [1.165, 1.54) is 12.4 Å². The molecule has 1 aromatic rings. The smallest absolute Gasteiger partial charge is 0.350 e. The molecule has 0 spiro atoms. The second-order valence-electron chi connectivity index (χ2n) is 3.44. The summed E-state index contributed by atoms with van der Waals surface area (Å²) in [6.45, 7) is -0.323. The molecular formula is C10H9F5N2O. The standard InChI is InChI=1S/C10H9F5N2O/c11-9(12,10(13,14)15)8(18)17-5-3-7-2-1-4-16-6-7/h1-2,4,6H,3,5H2,(H,17,18). The van der Waals surface area contributed by atoms with Gasteiger partial charge in [-0.1, -0.05) is 6.07 Å². The Bertz CT molecular complexity index is 404. The summed E-state index contributed by atoms with van der Waals surface area (Å²) in [7, 11) is 0. The molecule has 18 heavy (non-hydrogen) atoms. The zero-order valence-electron chi connectivity index (χ0n) is 8.97. The van der Waals surface area contributed by atoms with Crippen LogP contribution in [0, 0.1) is 0 Å². The molecule has 0 saturated heterocycles.